The molecule has 0 aliphatic carbocycles. The zero-order valence-corrected chi connectivity index (χ0v) is 11.2. The van der Waals surface area contributed by atoms with E-state index in [1.54, 1.807) is 31.4 Å². The largest absolute Gasteiger partial charge is 0.399 e. The van der Waals surface area contributed by atoms with Gasteiger partial charge in [-0.25, -0.2) is 4.79 Å². The minimum absolute atomic E-state index is 0.320. The lowest BCUT2D eigenvalue weighted by atomic mass is 10.2. The summed E-state index contributed by atoms with van der Waals surface area (Å²) in [5, 5.41) is 5.52. The van der Waals surface area contributed by atoms with E-state index < -0.39 is 0 Å². The van der Waals surface area contributed by atoms with E-state index in [1.165, 1.54) is 0 Å². The fourth-order valence-electron chi connectivity index (χ4n) is 1.82. The zero-order chi connectivity index (χ0) is 14.4. The van der Waals surface area contributed by atoms with Crippen LogP contribution in [0.25, 0.3) is 0 Å². The third-order valence-electron chi connectivity index (χ3n) is 2.71. The molecule has 0 radical (unpaired) electrons. The Hall–Kier alpha value is -2.53. The fourth-order valence-corrected chi connectivity index (χ4v) is 1.82. The predicted octanol–water partition coefficient (Wildman–Crippen LogP) is 3.06. The summed E-state index contributed by atoms with van der Waals surface area (Å²) < 4.78 is 5.10. The number of nitrogen functional groups attached to an aromatic ring is 1. The Morgan fingerprint density at radius 1 is 1.15 bits per heavy atom. The van der Waals surface area contributed by atoms with Crippen LogP contribution in [0, 0.1) is 0 Å². The number of hydrogen-bond donors (Lipinski definition) is 3. The molecule has 0 unspecified atom stereocenters. The molecule has 0 atom stereocenters. The first-order chi connectivity index (χ1) is 9.69. The van der Waals surface area contributed by atoms with Gasteiger partial charge in [0.15, 0.2) is 0 Å². The van der Waals surface area contributed by atoms with Crippen LogP contribution >= 0.6 is 0 Å². The average Bonchev–Trinajstić information content (AvgIpc) is 2.41. The highest BCUT2D eigenvalue weighted by atomic mass is 16.5. The van der Waals surface area contributed by atoms with Crippen molar-refractivity contribution in [2.24, 2.45) is 0 Å². The van der Waals surface area contributed by atoms with Gasteiger partial charge in [0.1, 0.15) is 0 Å². The summed E-state index contributed by atoms with van der Waals surface area (Å²) in [5.41, 5.74) is 8.54. The van der Waals surface area contributed by atoms with Gasteiger partial charge in [-0.2, -0.15) is 0 Å². The van der Waals surface area contributed by atoms with Crippen LogP contribution in [0.2, 0.25) is 0 Å². The number of carbonyl (C=O) groups is 1. The van der Waals surface area contributed by atoms with E-state index in [9.17, 15) is 4.79 Å². The molecule has 20 heavy (non-hydrogen) atoms. The second kappa shape index (κ2) is 6.58. The predicted molar refractivity (Wildman–Crippen MR) is 80.7 cm³/mol. The van der Waals surface area contributed by atoms with E-state index in [-0.39, 0.29) is 6.03 Å². The summed E-state index contributed by atoms with van der Waals surface area (Å²) in [6.45, 7) is 0.439. The molecule has 5 nitrogen and oxygen atoms in total. The maximum Gasteiger partial charge on any atom is 0.323 e. The Balaban J connectivity index is 2.05. The Morgan fingerprint density at radius 3 is 2.70 bits per heavy atom. The summed E-state index contributed by atoms with van der Waals surface area (Å²) in [7, 11) is 1.61. The van der Waals surface area contributed by atoms with Crippen molar-refractivity contribution in [2.75, 3.05) is 23.5 Å². The molecule has 0 bridgehead atoms. The van der Waals surface area contributed by atoms with E-state index >= 15 is 0 Å². The monoisotopic (exact) mass is 271 g/mol. The number of hydrogen-bond acceptors (Lipinski definition) is 3. The van der Waals surface area contributed by atoms with Gasteiger partial charge in [0.25, 0.3) is 0 Å². The van der Waals surface area contributed by atoms with E-state index in [0.717, 1.165) is 11.3 Å². The van der Waals surface area contributed by atoms with E-state index in [1.807, 2.05) is 24.3 Å². The molecule has 2 rings (SSSR count). The maximum absolute atomic E-state index is 11.9. The third kappa shape index (κ3) is 3.73. The number of methoxy groups -OCH3 is 1. The molecule has 0 saturated heterocycles. The second-order valence-electron chi connectivity index (χ2n) is 4.29. The summed E-state index contributed by atoms with van der Waals surface area (Å²) in [5.74, 6) is 0. The summed E-state index contributed by atoms with van der Waals surface area (Å²) in [4.78, 5) is 11.9. The zero-order valence-electron chi connectivity index (χ0n) is 11.2. The summed E-state index contributed by atoms with van der Waals surface area (Å²) in [6, 6.07) is 14.2. The number of amides is 2. The van der Waals surface area contributed by atoms with Gasteiger partial charge in [0.05, 0.1) is 6.61 Å². The Kier molecular flexibility index (Phi) is 4.57. The highest BCUT2D eigenvalue weighted by molar-refractivity contribution is 6.00. The third-order valence-corrected chi connectivity index (χ3v) is 2.71. The van der Waals surface area contributed by atoms with Crippen molar-refractivity contribution in [3.63, 3.8) is 0 Å². The number of rotatable bonds is 4. The van der Waals surface area contributed by atoms with Crippen molar-refractivity contribution in [1.82, 2.24) is 0 Å². The number of benzene rings is 2. The minimum Gasteiger partial charge on any atom is -0.399 e. The first kappa shape index (κ1) is 13.9. The molecule has 0 saturated carbocycles. The van der Waals surface area contributed by atoms with Crippen LogP contribution in [-0.4, -0.2) is 13.1 Å². The van der Waals surface area contributed by atoms with Crippen LogP contribution in [0.5, 0.6) is 0 Å². The summed E-state index contributed by atoms with van der Waals surface area (Å²) in [6.07, 6.45) is 0. The van der Waals surface area contributed by atoms with Gasteiger partial charge >= 0.3 is 6.03 Å². The summed E-state index contributed by atoms with van der Waals surface area (Å²) >= 11 is 0. The molecule has 4 N–H and O–H groups in total. The quantitative estimate of drug-likeness (QED) is 0.748. The standard InChI is InChI=1S/C15H17N3O2/c1-20-10-11-5-2-3-8-14(11)18-15(19)17-13-7-4-6-12(16)9-13/h2-9H,10,16H2,1H3,(H2,17,18,19). The molecule has 0 aliphatic rings. The van der Waals surface area contributed by atoms with Gasteiger partial charge in [0.2, 0.25) is 0 Å². The van der Waals surface area contributed by atoms with E-state index in [0.29, 0.717) is 18.0 Å². The number of nitrogens with two attached hydrogens (primary N) is 1. The number of ether oxygens (including phenoxy) is 1. The maximum atomic E-state index is 11.9. The first-order valence-corrected chi connectivity index (χ1v) is 6.19. The number of anilines is 3. The molecule has 0 heterocycles. The molecular formula is C15H17N3O2. The SMILES string of the molecule is COCc1ccccc1NC(=O)Nc1cccc(N)c1. The highest BCUT2D eigenvalue weighted by Gasteiger charge is 2.06. The van der Waals surface area contributed by atoms with E-state index in [2.05, 4.69) is 10.6 Å². The lowest BCUT2D eigenvalue weighted by molar-refractivity contribution is 0.185. The Morgan fingerprint density at radius 2 is 1.95 bits per heavy atom. The van der Waals surface area contributed by atoms with Crippen LogP contribution in [0.3, 0.4) is 0 Å². The molecule has 2 amide bonds. The Bertz CT molecular complexity index is 599. The molecule has 2 aromatic carbocycles. The normalized spacial score (nSPS) is 10.1. The minimum atomic E-state index is -0.320. The molecular weight excluding hydrogens is 254 g/mol. The lowest BCUT2D eigenvalue weighted by Gasteiger charge is -2.11. The van der Waals surface area contributed by atoms with Crippen LogP contribution in [0.1, 0.15) is 5.56 Å². The first-order valence-electron chi connectivity index (χ1n) is 6.19. The van der Waals surface area contributed by atoms with Crippen molar-refractivity contribution in [1.29, 1.82) is 0 Å². The van der Waals surface area contributed by atoms with Crippen LogP contribution in [0.15, 0.2) is 48.5 Å². The molecule has 104 valence electrons. The lowest BCUT2D eigenvalue weighted by Crippen LogP contribution is -2.20. The number of nitrogens with one attached hydrogen (secondary N) is 2. The molecule has 0 fully saturated rings. The van der Waals surface area contributed by atoms with Crippen LogP contribution in [-0.2, 0) is 11.3 Å². The number of urea groups is 1. The van der Waals surface area contributed by atoms with Crippen molar-refractivity contribution in [3.8, 4) is 0 Å². The van der Waals surface area contributed by atoms with Gasteiger partial charge in [-0.1, -0.05) is 24.3 Å². The van der Waals surface area contributed by atoms with Crippen molar-refractivity contribution in [2.45, 2.75) is 6.61 Å². The van der Waals surface area contributed by atoms with Gasteiger partial charge in [-0.3, -0.25) is 0 Å². The molecule has 0 aromatic heterocycles. The van der Waals surface area contributed by atoms with Crippen LogP contribution < -0.4 is 16.4 Å². The molecule has 0 spiro atoms. The van der Waals surface area contributed by atoms with Crippen molar-refractivity contribution >= 4 is 23.1 Å². The van der Waals surface area contributed by atoms with Crippen molar-refractivity contribution in [3.05, 3.63) is 54.1 Å². The Labute approximate surface area is 117 Å². The number of carbonyl (C=O) groups excluding carboxylic acids is 1. The second-order valence-corrected chi connectivity index (χ2v) is 4.29. The number of para-hydroxylation sites is 1. The van der Waals surface area contributed by atoms with Gasteiger partial charge in [-0.05, 0) is 24.3 Å². The molecule has 5 heteroatoms. The fraction of sp³-hybridized carbons (Fsp3) is 0.133. The molecule has 2 aromatic rings. The molecule has 0 aliphatic heterocycles. The highest BCUT2D eigenvalue weighted by Crippen LogP contribution is 2.17. The smallest absolute Gasteiger partial charge is 0.323 e. The average molecular weight is 271 g/mol. The topological polar surface area (TPSA) is 76.4 Å². The van der Waals surface area contributed by atoms with E-state index in [4.69, 9.17) is 10.5 Å². The van der Waals surface area contributed by atoms with Gasteiger partial charge < -0.3 is 21.1 Å². The van der Waals surface area contributed by atoms with Crippen molar-refractivity contribution < 1.29 is 9.53 Å². The van der Waals surface area contributed by atoms with Crippen LogP contribution in [0.4, 0.5) is 21.9 Å². The van der Waals surface area contributed by atoms with Gasteiger partial charge in [0, 0.05) is 29.7 Å². The van der Waals surface area contributed by atoms with Gasteiger partial charge in [-0.15, -0.1) is 0 Å².